The van der Waals surface area contributed by atoms with E-state index in [0.29, 0.717) is 11.8 Å². The first-order valence-corrected chi connectivity index (χ1v) is 10.6. The van der Waals surface area contributed by atoms with Crippen molar-refractivity contribution in [2.24, 2.45) is 11.8 Å². The number of carbonyl (C=O) groups is 1. The van der Waals surface area contributed by atoms with E-state index in [9.17, 15) is 4.79 Å². The molecule has 1 amide bonds. The summed E-state index contributed by atoms with van der Waals surface area (Å²) in [6, 6.07) is 4.12. The molecule has 6 nitrogen and oxygen atoms in total. The predicted molar refractivity (Wildman–Crippen MR) is 117 cm³/mol. The van der Waals surface area contributed by atoms with Crippen molar-refractivity contribution in [1.29, 1.82) is 0 Å². The van der Waals surface area contributed by atoms with E-state index < -0.39 is 0 Å². The molecule has 3 rings (SSSR count). The van der Waals surface area contributed by atoms with Crippen LogP contribution < -0.4 is 15.0 Å². The zero-order chi connectivity index (χ0) is 19.6. The van der Waals surface area contributed by atoms with E-state index in [-0.39, 0.29) is 15.9 Å². The Morgan fingerprint density at radius 1 is 1.26 bits per heavy atom. The fourth-order valence-electron chi connectivity index (χ4n) is 3.67. The molecule has 1 aromatic heterocycles. The lowest BCUT2D eigenvalue weighted by molar-refractivity contribution is -0.121. The number of halogens is 1. The molecule has 1 N–H and O–H groups in total. The number of fused-ring (bicyclic) bond motifs is 1. The highest BCUT2D eigenvalue weighted by atomic mass is 127. The third-order valence-corrected chi connectivity index (χ3v) is 6.97. The van der Waals surface area contributed by atoms with Crippen LogP contribution in [0.5, 0.6) is 5.75 Å². The number of hydrogen-bond donors (Lipinski definition) is 1. The third-order valence-electron chi connectivity index (χ3n) is 4.97. The average Bonchev–Trinajstić information content (AvgIpc) is 2.65. The van der Waals surface area contributed by atoms with Gasteiger partial charge in [-0.2, -0.15) is 0 Å². The molecule has 1 fully saturated rings. The highest BCUT2D eigenvalue weighted by Crippen LogP contribution is 2.33. The van der Waals surface area contributed by atoms with E-state index in [0.717, 1.165) is 42.0 Å². The summed E-state index contributed by atoms with van der Waals surface area (Å²) in [4.78, 5) is 23.8. The summed E-state index contributed by atoms with van der Waals surface area (Å²) in [5.74, 6) is 1.65. The lowest BCUT2D eigenvalue weighted by Gasteiger charge is -2.39. The third kappa shape index (κ3) is 4.44. The normalized spacial score (nSPS) is 21.3. The van der Waals surface area contributed by atoms with Gasteiger partial charge in [0.05, 0.1) is 16.7 Å². The van der Waals surface area contributed by atoms with Crippen LogP contribution in [-0.4, -0.2) is 46.0 Å². The Labute approximate surface area is 174 Å². The molecular formula is C20H27IN4O2. The van der Waals surface area contributed by atoms with Gasteiger partial charge >= 0.3 is 0 Å². The Morgan fingerprint density at radius 3 is 2.63 bits per heavy atom. The smallest absolute Gasteiger partial charge is 0.233 e. The van der Waals surface area contributed by atoms with Gasteiger partial charge in [0.25, 0.3) is 0 Å². The number of rotatable bonds is 5. The van der Waals surface area contributed by atoms with Gasteiger partial charge in [-0.3, -0.25) is 9.78 Å². The van der Waals surface area contributed by atoms with E-state index in [1.807, 2.05) is 12.1 Å². The largest absolute Gasteiger partial charge is 0.494 e. The number of methoxy groups -OCH3 is 1. The van der Waals surface area contributed by atoms with Crippen LogP contribution in [0.15, 0.2) is 24.5 Å². The second-order valence-electron chi connectivity index (χ2n) is 7.64. The zero-order valence-corrected chi connectivity index (χ0v) is 18.4. The number of nitrogens with zero attached hydrogens (tertiary/aromatic N) is 3. The number of amides is 1. The SMILES string of the molecule is COc1ccc(N2C[C@@H](C)C[C@@H](NC(=O)[C@@H](I)C(C)C)C2)c2nccnc12. The molecule has 0 aliphatic carbocycles. The monoisotopic (exact) mass is 482 g/mol. The van der Waals surface area contributed by atoms with Crippen molar-refractivity contribution in [2.45, 2.75) is 37.2 Å². The maximum Gasteiger partial charge on any atom is 0.233 e. The number of anilines is 1. The van der Waals surface area contributed by atoms with Crippen molar-refractivity contribution in [3.05, 3.63) is 24.5 Å². The van der Waals surface area contributed by atoms with Crippen LogP contribution in [0.1, 0.15) is 27.2 Å². The van der Waals surface area contributed by atoms with Crippen molar-refractivity contribution < 1.29 is 9.53 Å². The van der Waals surface area contributed by atoms with Crippen LogP contribution in [0.3, 0.4) is 0 Å². The molecule has 0 radical (unpaired) electrons. The minimum absolute atomic E-state index is 0.0130. The first-order chi connectivity index (χ1) is 12.9. The number of alkyl halides is 1. The number of aromatic nitrogens is 2. The van der Waals surface area contributed by atoms with Crippen LogP contribution in [-0.2, 0) is 4.79 Å². The molecule has 2 aromatic rings. The maximum absolute atomic E-state index is 12.5. The molecule has 1 aliphatic rings. The minimum Gasteiger partial charge on any atom is -0.494 e. The van der Waals surface area contributed by atoms with Crippen LogP contribution in [0.25, 0.3) is 11.0 Å². The number of nitrogens with one attached hydrogen (secondary N) is 1. The van der Waals surface area contributed by atoms with Gasteiger partial charge in [-0.1, -0.05) is 43.4 Å². The average molecular weight is 482 g/mol. The van der Waals surface area contributed by atoms with Gasteiger partial charge in [-0.25, -0.2) is 4.98 Å². The molecule has 1 aliphatic heterocycles. The molecule has 0 saturated carbocycles. The standard InChI is InChI=1S/C20H27IN4O2/c1-12(2)17(21)20(26)24-14-9-13(3)10-25(11-14)15-5-6-16(27-4)19-18(15)22-7-8-23-19/h5-8,12-14,17H,9-11H2,1-4H3,(H,24,26)/t13-,14+,17-/m0/s1. The fraction of sp³-hybridized carbons (Fsp3) is 0.550. The van der Waals surface area contributed by atoms with E-state index in [4.69, 9.17) is 4.74 Å². The molecule has 1 aromatic carbocycles. The highest BCUT2D eigenvalue weighted by molar-refractivity contribution is 14.1. The summed E-state index contributed by atoms with van der Waals surface area (Å²) in [6.07, 6.45) is 4.38. The molecule has 3 atom stereocenters. The van der Waals surface area contributed by atoms with E-state index in [1.165, 1.54) is 0 Å². The van der Waals surface area contributed by atoms with Crippen LogP contribution in [0, 0.1) is 11.8 Å². The summed E-state index contributed by atoms with van der Waals surface area (Å²) in [5.41, 5.74) is 2.65. The fourth-order valence-corrected chi connectivity index (χ4v) is 3.85. The van der Waals surface area contributed by atoms with Gasteiger partial charge in [-0.05, 0) is 30.4 Å². The van der Waals surface area contributed by atoms with Crippen molar-refractivity contribution in [2.75, 3.05) is 25.1 Å². The van der Waals surface area contributed by atoms with Gasteiger partial charge in [0.1, 0.15) is 16.8 Å². The quantitative estimate of drug-likeness (QED) is 0.523. The Bertz CT molecular complexity index is 814. The molecule has 146 valence electrons. The Balaban J connectivity index is 1.85. The van der Waals surface area contributed by atoms with Crippen LogP contribution >= 0.6 is 22.6 Å². The minimum atomic E-state index is -0.0130. The van der Waals surface area contributed by atoms with Crippen LogP contribution in [0.4, 0.5) is 5.69 Å². The summed E-state index contributed by atoms with van der Waals surface area (Å²) in [6.45, 7) is 8.09. The van der Waals surface area contributed by atoms with E-state index >= 15 is 0 Å². The predicted octanol–water partition coefficient (Wildman–Crippen LogP) is 3.43. The number of benzene rings is 1. The number of hydrogen-bond acceptors (Lipinski definition) is 5. The Kier molecular flexibility index (Phi) is 6.39. The lowest BCUT2D eigenvalue weighted by atomic mass is 9.94. The zero-order valence-electron chi connectivity index (χ0n) is 16.3. The number of piperidine rings is 1. The first kappa shape index (κ1) is 20.1. The maximum atomic E-state index is 12.5. The second kappa shape index (κ2) is 8.58. The topological polar surface area (TPSA) is 67.3 Å². The molecule has 7 heteroatoms. The first-order valence-electron chi connectivity index (χ1n) is 9.37. The van der Waals surface area contributed by atoms with Gasteiger partial charge < -0.3 is 15.0 Å². The summed E-state index contributed by atoms with van der Waals surface area (Å²) < 4.78 is 5.42. The molecule has 1 saturated heterocycles. The Morgan fingerprint density at radius 2 is 1.96 bits per heavy atom. The molecule has 0 bridgehead atoms. The Hall–Kier alpha value is -1.64. The number of ether oxygens (including phenoxy) is 1. The molecule has 27 heavy (non-hydrogen) atoms. The van der Waals surface area contributed by atoms with Gasteiger partial charge in [0.15, 0.2) is 0 Å². The molecular weight excluding hydrogens is 455 g/mol. The van der Waals surface area contributed by atoms with Gasteiger partial charge in [0, 0.05) is 31.5 Å². The lowest BCUT2D eigenvalue weighted by Crippen LogP contribution is -2.52. The van der Waals surface area contributed by atoms with Crippen molar-refractivity contribution in [1.82, 2.24) is 15.3 Å². The van der Waals surface area contributed by atoms with E-state index in [2.05, 4.69) is 63.5 Å². The van der Waals surface area contributed by atoms with Crippen molar-refractivity contribution in [3.63, 3.8) is 0 Å². The summed E-state index contributed by atoms with van der Waals surface area (Å²) >= 11 is 2.24. The molecule has 2 heterocycles. The molecule has 0 unspecified atom stereocenters. The van der Waals surface area contributed by atoms with Crippen molar-refractivity contribution in [3.8, 4) is 5.75 Å². The second-order valence-corrected chi connectivity index (χ2v) is 8.98. The highest BCUT2D eigenvalue weighted by Gasteiger charge is 2.29. The van der Waals surface area contributed by atoms with Crippen molar-refractivity contribution >= 4 is 45.2 Å². The molecule has 0 spiro atoms. The summed E-state index contributed by atoms with van der Waals surface area (Å²) in [7, 11) is 1.65. The van der Waals surface area contributed by atoms with E-state index in [1.54, 1.807) is 19.5 Å². The summed E-state index contributed by atoms with van der Waals surface area (Å²) in [5, 5.41) is 3.25. The van der Waals surface area contributed by atoms with Gasteiger partial charge in [0.2, 0.25) is 5.91 Å². The van der Waals surface area contributed by atoms with Crippen LogP contribution in [0.2, 0.25) is 0 Å². The van der Waals surface area contributed by atoms with Gasteiger partial charge in [-0.15, -0.1) is 0 Å². The number of carbonyl (C=O) groups excluding carboxylic acids is 1.